The fraction of sp³-hybridized carbons (Fsp3) is 0.528. The maximum atomic E-state index is 13.8. The van der Waals surface area contributed by atoms with Crippen LogP contribution in [0.3, 0.4) is 0 Å². The Balaban J connectivity index is 1.18. The van der Waals surface area contributed by atoms with E-state index in [-0.39, 0.29) is 17.4 Å². The molecule has 3 aromatic rings. The molecule has 3 saturated heterocycles. The Morgan fingerprint density at radius 1 is 0.878 bits per heavy atom. The molecule has 1 atom stereocenters. The molecule has 5 heteroatoms. The number of carbonyl (C=O) groups excluding carboxylic acids is 1. The fourth-order valence-corrected chi connectivity index (χ4v) is 7.47. The van der Waals surface area contributed by atoms with Crippen LogP contribution < -0.4 is 4.74 Å². The summed E-state index contributed by atoms with van der Waals surface area (Å²) < 4.78 is 5.89. The summed E-state index contributed by atoms with van der Waals surface area (Å²) in [6.45, 7) is 11.7. The predicted molar refractivity (Wildman–Crippen MR) is 168 cm³/mol. The first-order valence-electron chi connectivity index (χ1n) is 16.0. The number of hydrogen-bond acceptors (Lipinski definition) is 4. The van der Waals surface area contributed by atoms with E-state index < -0.39 is 0 Å². The minimum Gasteiger partial charge on any atom is -0.491 e. The third-order valence-corrected chi connectivity index (χ3v) is 9.83. The van der Waals surface area contributed by atoms with Gasteiger partial charge in [0.25, 0.3) is 5.91 Å². The summed E-state index contributed by atoms with van der Waals surface area (Å²) in [7, 11) is 0. The van der Waals surface area contributed by atoms with Crippen molar-refractivity contribution >= 4 is 16.7 Å². The van der Waals surface area contributed by atoms with E-state index in [1.54, 1.807) is 0 Å². The molecule has 3 aromatic carbocycles. The third-order valence-electron chi connectivity index (χ3n) is 9.83. The standard InChI is InChI=1S/C36H47N3O2/c1-28(2)41-34-12-8-11-31(26-34)35(40)39-24-18-36(27-39,32-14-13-29-9-4-5-10-30(29)25-32)17-23-37-21-15-33(16-22-37)38-19-6-3-7-20-38/h4-5,8-14,25-26,28,33H,3,6-7,15-24,27H2,1-2H3/t36-/m1/s1. The molecule has 0 aromatic heterocycles. The summed E-state index contributed by atoms with van der Waals surface area (Å²) in [6, 6.07) is 24.1. The van der Waals surface area contributed by atoms with Crippen molar-refractivity contribution in [3.05, 3.63) is 77.9 Å². The van der Waals surface area contributed by atoms with E-state index in [9.17, 15) is 4.79 Å². The minimum absolute atomic E-state index is 0.0323. The number of fused-ring (bicyclic) bond motifs is 1. The van der Waals surface area contributed by atoms with E-state index in [0.29, 0.717) is 0 Å². The highest BCUT2D eigenvalue weighted by Crippen LogP contribution is 2.40. The van der Waals surface area contributed by atoms with Crippen LogP contribution in [-0.2, 0) is 5.41 Å². The van der Waals surface area contributed by atoms with E-state index in [4.69, 9.17) is 4.74 Å². The molecule has 0 saturated carbocycles. The van der Waals surface area contributed by atoms with Gasteiger partial charge >= 0.3 is 0 Å². The van der Waals surface area contributed by atoms with Gasteiger partial charge in [0.1, 0.15) is 5.75 Å². The van der Waals surface area contributed by atoms with E-state index in [0.717, 1.165) is 49.8 Å². The molecular weight excluding hydrogens is 506 g/mol. The van der Waals surface area contributed by atoms with Crippen LogP contribution in [0.1, 0.15) is 74.7 Å². The topological polar surface area (TPSA) is 36.0 Å². The molecule has 41 heavy (non-hydrogen) atoms. The molecule has 3 fully saturated rings. The van der Waals surface area contributed by atoms with Gasteiger partial charge in [-0.2, -0.15) is 0 Å². The maximum absolute atomic E-state index is 13.8. The number of piperidine rings is 2. The lowest BCUT2D eigenvalue weighted by Gasteiger charge is -2.41. The zero-order valence-electron chi connectivity index (χ0n) is 25.1. The lowest BCUT2D eigenvalue weighted by molar-refractivity contribution is 0.0771. The molecule has 3 aliphatic heterocycles. The van der Waals surface area contributed by atoms with Crippen molar-refractivity contribution in [1.82, 2.24) is 14.7 Å². The highest BCUT2D eigenvalue weighted by molar-refractivity contribution is 5.95. The average Bonchev–Trinajstić information content (AvgIpc) is 3.45. The van der Waals surface area contributed by atoms with E-state index in [1.807, 2.05) is 38.1 Å². The third kappa shape index (κ3) is 6.47. The minimum atomic E-state index is -0.0323. The SMILES string of the molecule is CC(C)Oc1cccc(C(=O)N2CC[C@@](CCN3CCC(N4CCCCC4)CC3)(c3ccc4ccccc4c3)C2)c1. The van der Waals surface area contributed by atoms with Gasteiger partial charge in [-0.05, 0) is 120 Å². The monoisotopic (exact) mass is 553 g/mol. The number of hydrogen-bond donors (Lipinski definition) is 0. The van der Waals surface area contributed by atoms with Gasteiger partial charge in [-0.15, -0.1) is 0 Å². The summed E-state index contributed by atoms with van der Waals surface area (Å²) in [5, 5.41) is 2.56. The second-order valence-corrected chi connectivity index (χ2v) is 12.9. The number of nitrogens with zero attached hydrogens (tertiary/aromatic N) is 3. The van der Waals surface area contributed by atoms with E-state index in [1.165, 1.54) is 74.6 Å². The highest BCUT2D eigenvalue weighted by atomic mass is 16.5. The van der Waals surface area contributed by atoms with Gasteiger partial charge in [-0.1, -0.05) is 55.0 Å². The molecular formula is C36H47N3O2. The number of carbonyl (C=O) groups is 1. The Morgan fingerprint density at radius 2 is 1.66 bits per heavy atom. The van der Waals surface area contributed by atoms with Crippen molar-refractivity contribution in [2.75, 3.05) is 45.8 Å². The van der Waals surface area contributed by atoms with Crippen molar-refractivity contribution in [2.45, 2.75) is 76.4 Å². The number of rotatable bonds is 8. The zero-order valence-corrected chi connectivity index (χ0v) is 25.1. The largest absolute Gasteiger partial charge is 0.491 e. The van der Waals surface area contributed by atoms with Gasteiger partial charge in [0.15, 0.2) is 0 Å². The molecule has 1 amide bonds. The summed E-state index contributed by atoms with van der Waals surface area (Å²) in [5.74, 6) is 0.878. The molecule has 0 bridgehead atoms. The Kier molecular flexibility index (Phi) is 8.64. The zero-order chi connectivity index (χ0) is 28.2. The molecule has 0 spiro atoms. The van der Waals surface area contributed by atoms with Gasteiger partial charge in [0.2, 0.25) is 0 Å². The molecule has 0 unspecified atom stereocenters. The smallest absolute Gasteiger partial charge is 0.254 e. The summed E-state index contributed by atoms with van der Waals surface area (Å²) in [4.78, 5) is 21.3. The normalized spacial score (nSPS) is 23.0. The van der Waals surface area contributed by atoms with Crippen LogP contribution in [0.5, 0.6) is 5.75 Å². The van der Waals surface area contributed by atoms with Crippen molar-refractivity contribution < 1.29 is 9.53 Å². The summed E-state index contributed by atoms with van der Waals surface area (Å²) >= 11 is 0. The molecule has 0 aliphatic carbocycles. The van der Waals surface area contributed by atoms with Crippen molar-refractivity contribution in [1.29, 1.82) is 0 Å². The lowest BCUT2D eigenvalue weighted by atomic mass is 9.76. The van der Waals surface area contributed by atoms with Gasteiger partial charge in [0, 0.05) is 30.1 Å². The number of likely N-dealkylation sites (tertiary alicyclic amines) is 3. The predicted octanol–water partition coefficient (Wildman–Crippen LogP) is 6.75. The molecule has 6 rings (SSSR count). The lowest BCUT2D eigenvalue weighted by Crippen LogP contribution is -2.47. The van der Waals surface area contributed by atoms with Crippen LogP contribution >= 0.6 is 0 Å². The second-order valence-electron chi connectivity index (χ2n) is 12.9. The Hall–Kier alpha value is -2.89. The first-order chi connectivity index (χ1) is 20.0. The molecule has 218 valence electrons. The first-order valence-corrected chi connectivity index (χ1v) is 16.0. The fourth-order valence-electron chi connectivity index (χ4n) is 7.47. The highest BCUT2D eigenvalue weighted by Gasteiger charge is 2.42. The van der Waals surface area contributed by atoms with Crippen molar-refractivity contribution in [3.63, 3.8) is 0 Å². The van der Waals surface area contributed by atoms with Crippen LogP contribution in [0.2, 0.25) is 0 Å². The second kappa shape index (κ2) is 12.5. The quantitative estimate of drug-likeness (QED) is 0.309. The van der Waals surface area contributed by atoms with Crippen LogP contribution in [0.15, 0.2) is 66.7 Å². The van der Waals surface area contributed by atoms with Crippen LogP contribution in [0.25, 0.3) is 10.8 Å². The van der Waals surface area contributed by atoms with Gasteiger partial charge in [-0.25, -0.2) is 0 Å². The Morgan fingerprint density at radius 3 is 2.44 bits per heavy atom. The van der Waals surface area contributed by atoms with E-state index >= 15 is 0 Å². The van der Waals surface area contributed by atoms with Gasteiger partial charge < -0.3 is 19.4 Å². The summed E-state index contributed by atoms with van der Waals surface area (Å²) in [6.07, 6.45) is 8.91. The van der Waals surface area contributed by atoms with Crippen LogP contribution in [0.4, 0.5) is 0 Å². The summed E-state index contributed by atoms with van der Waals surface area (Å²) in [5.41, 5.74) is 2.07. The van der Waals surface area contributed by atoms with Gasteiger partial charge in [-0.3, -0.25) is 4.79 Å². The maximum Gasteiger partial charge on any atom is 0.254 e. The van der Waals surface area contributed by atoms with Gasteiger partial charge in [0.05, 0.1) is 6.10 Å². The number of amides is 1. The molecule has 0 N–H and O–H groups in total. The molecule has 3 aliphatic rings. The molecule has 5 nitrogen and oxygen atoms in total. The van der Waals surface area contributed by atoms with Crippen LogP contribution in [-0.4, -0.2) is 78.6 Å². The first kappa shape index (κ1) is 28.2. The number of ether oxygens (including phenoxy) is 1. The Bertz CT molecular complexity index is 1330. The average molecular weight is 554 g/mol. The van der Waals surface area contributed by atoms with Crippen molar-refractivity contribution in [3.8, 4) is 5.75 Å². The van der Waals surface area contributed by atoms with Crippen molar-refractivity contribution in [2.24, 2.45) is 0 Å². The molecule has 3 heterocycles. The van der Waals surface area contributed by atoms with Crippen LogP contribution in [0, 0.1) is 0 Å². The number of benzene rings is 3. The van der Waals surface area contributed by atoms with E-state index in [2.05, 4.69) is 57.2 Å². The molecule has 0 radical (unpaired) electrons. The Labute approximate surface area is 246 Å².